The molecule has 0 amide bonds. The summed E-state index contributed by atoms with van der Waals surface area (Å²) in [5.41, 5.74) is 0. The average Bonchev–Trinajstić information content (AvgIpc) is 3.28. The first-order chi connectivity index (χ1) is 31.0. The number of carbonyl (C=O) groups is 3. The van der Waals surface area contributed by atoms with E-state index in [1.54, 1.807) is 0 Å². The predicted molar refractivity (Wildman–Crippen MR) is 270 cm³/mol. The molecular formula is C57H108O6. The molecule has 0 heterocycles. The van der Waals surface area contributed by atoms with Gasteiger partial charge >= 0.3 is 17.9 Å². The predicted octanol–water partition coefficient (Wildman–Crippen LogP) is 18.5. The summed E-state index contributed by atoms with van der Waals surface area (Å²) in [4.78, 5) is 38.1. The van der Waals surface area contributed by atoms with Crippen LogP contribution in [-0.2, 0) is 28.6 Å². The van der Waals surface area contributed by atoms with Crippen molar-refractivity contribution in [2.45, 2.75) is 322 Å². The molecule has 0 aromatic heterocycles. The van der Waals surface area contributed by atoms with Gasteiger partial charge in [-0.05, 0) is 44.9 Å². The molecule has 0 aliphatic heterocycles. The van der Waals surface area contributed by atoms with E-state index in [2.05, 4.69) is 32.9 Å². The molecule has 1 atom stereocenters. The van der Waals surface area contributed by atoms with Gasteiger partial charge in [0.1, 0.15) is 13.2 Å². The summed E-state index contributed by atoms with van der Waals surface area (Å²) in [5, 5.41) is 0. The summed E-state index contributed by atoms with van der Waals surface area (Å²) in [7, 11) is 0. The van der Waals surface area contributed by atoms with Crippen molar-refractivity contribution in [3.05, 3.63) is 12.2 Å². The zero-order chi connectivity index (χ0) is 45.8. The first kappa shape index (κ1) is 61.1. The molecule has 0 spiro atoms. The van der Waals surface area contributed by atoms with Crippen molar-refractivity contribution in [2.75, 3.05) is 13.2 Å². The maximum Gasteiger partial charge on any atom is 0.306 e. The Morgan fingerprint density at radius 2 is 0.524 bits per heavy atom. The fourth-order valence-corrected chi connectivity index (χ4v) is 8.50. The van der Waals surface area contributed by atoms with E-state index in [1.165, 1.54) is 212 Å². The van der Waals surface area contributed by atoms with Crippen LogP contribution in [0.2, 0.25) is 0 Å². The third-order valence-corrected chi connectivity index (χ3v) is 12.8. The Balaban J connectivity index is 4.32. The lowest BCUT2D eigenvalue weighted by atomic mass is 10.0. The second kappa shape index (κ2) is 52.8. The van der Waals surface area contributed by atoms with E-state index in [9.17, 15) is 14.4 Å². The molecule has 0 radical (unpaired) electrons. The quantitative estimate of drug-likeness (QED) is 0.0262. The van der Waals surface area contributed by atoms with Gasteiger partial charge in [0.15, 0.2) is 6.10 Å². The van der Waals surface area contributed by atoms with Crippen LogP contribution < -0.4 is 0 Å². The fraction of sp³-hybridized carbons (Fsp3) is 0.912. The molecule has 0 saturated carbocycles. The highest BCUT2D eigenvalue weighted by molar-refractivity contribution is 5.71. The summed E-state index contributed by atoms with van der Waals surface area (Å²) in [5.74, 6) is -0.853. The molecule has 0 aliphatic carbocycles. The summed E-state index contributed by atoms with van der Waals surface area (Å²) in [6.45, 7) is 6.68. The SMILES string of the molecule is CCCCCCCC/C=C/CCCCCCCC(=O)OCC(COC(=O)CCCCCCCCCCCCCCC)OC(=O)CCCCCCCCCCCCCCCCCCC. The third kappa shape index (κ3) is 51.0. The Kier molecular flexibility index (Phi) is 51.2. The molecule has 0 saturated heterocycles. The summed E-state index contributed by atoms with van der Waals surface area (Å²) >= 11 is 0. The van der Waals surface area contributed by atoms with Crippen LogP contribution in [0.15, 0.2) is 12.2 Å². The molecule has 372 valence electrons. The zero-order valence-electron chi connectivity index (χ0n) is 42.6. The molecule has 0 rings (SSSR count). The minimum atomic E-state index is -0.767. The lowest BCUT2D eigenvalue weighted by molar-refractivity contribution is -0.167. The normalized spacial score (nSPS) is 12.0. The van der Waals surface area contributed by atoms with Crippen LogP contribution >= 0.6 is 0 Å². The van der Waals surface area contributed by atoms with Crippen LogP contribution in [0, 0.1) is 0 Å². The molecule has 0 aromatic carbocycles. The monoisotopic (exact) mass is 889 g/mol. The minimum absolute atomic E-state index is 0.0667. The Bertz CT molecular complexity index is 978. The zero-order valence-corrected chi connectivity index (χ0v) is 42.6. The van der Waals surface area contributed by atoms with Crippen LogP contribution in [0.3, 0.4) is 0 Å². The van der Waals surface area contributed by atoms with Crippen molar-refractivity contribution in [1.82, 2.24) is 0 Å². The summed E-state index contributed by atoms with van der Waals surface area (Å²) in [6.07, 6.45) is 59.1. The molecule has 0 fully saturated rings. The molecule has 0 N–H and O–H groups in total. The third-order valence-electron chi connectivity index (χ3n) is 12.8. The van der Waals surface area contributed by atoms with Crippen molar-refractivity contribution in [1.29, 1.82) is 0 Å². The molecule has 63 heavy (non-hydrogen) atoms. The topological polar surface area (TPSA) is 78.9 Å². The van der Waals surface area contributed by atoms with Gasteiger partial charge in [0.2, 0.25) is 0 Å². The number of allylic oxidation sites excluding steroid dienone is 2. The van der Waals surface area contributed by atoms with Crippen LogP contribution in [0.1, 0.15) is 316 Å². The van der Waals surface area contributed by atoms with Crippen molar-refractivity contribution < 1.29 is 28.6 Å². The first-order valence-corrected chi connectivity index (χ1v) is 28.2. The molecule has 0 aromatic rings. The Hall–Kier alpha value is -1.85. The number of rotatable bonds is 52. The second-order valence-electron chi connectivity index (χ2n) is 19.2. The molecule has 0 bridgehead atoms. The van der Waals surface area contributed by atoms with Gasteiger partial charge in [-0.15, -0.1) is 0 Å². The number of esters is 3. The highest BCUT2D eigenvalue weighted by Crippen LogP contribution is 2.17. The molecular weight excluding hydrogens is 781 g/mol. The van der Waals surface area contributed by atoms with E-state index in [4.69, 9.17) is 14.2 Å². The molecule has 0 aliphatic rings. The Morgan fingerprint density at radius 1 is 0.302 bits per heavy atom. The second-order valence-corrected chi connectivity index (χ2v) is 19.2. The lowest BCUT2D eigenvalue weighted by Gasteiger charge is -2.18. The first-order valence-electron chi connectivity index (χ1n) is 28.2. The van der Waals surface area contributed by atoms with E-state index in [0.29, 0.717) is 19.3 Å². The molecule has 6 nitrogen and oxygen atoms in total. The number of carbonyl (C=O) groups excluding carboxylic acids is 3. The van der Waals surface area contributed by atoms with Crippen LogP contribution in [0.25, 0.3) is 0 Å². The number of hydrogen-bond donors (Lipinski definition) is 0. The smallest absolute Gasteiger partial charge is 0.306 e. The minimum Gasteiger partial charge on any atom is -0.462 e. The van der Waals surface area contributed by atoms with Gasteiger partial charge in [-0.25, -0.2) is 0 Å². The fourth-order valence-electron chi connectivity index (χ4n) is 8.50. The van der Waals surface area contributed by atoms with Gasteiger partial charge < -0.3 is 14.2 Å². The van der Waals surface area contributed by atoms with E-state index in [1.807, 2.05) is 0 Å². The van der Waals surface area contributed by atoms with Gasteiger partial charge in [0.05, 0.1) is 0 Å². The van der Waals surface area contributed by atoms with Gasteiger partial charge in [0, 0.05) is 19.3 Å². The van der Waals surface area contributed by atoms with Crippen molar-refractivity contribution in [3.8, 4) is 0 Å². The van der Waals surface area contributed by atoms with Gasteiger partial charge in [-0.1, -0.05) is 264 Å². The van der Waals surface area contributed by atoms with E-state index < -0.39 is 6.10 Å². The van der Waals surface area contributed by atoms with Gasteiger partial charge in [0.25, 0.3) is 0 Å². The average molecular weight is 889 g/mol. The Morgan fingerprint density at radius 3 is 0.794 bits per heavy atom. The maximum absolute atomic E-state index is 12.8. The maximum atomic E-state index is 12.8. The van der Waals surface area contributed by atoms with Crippen molar-refractivity contribution in [3.63, 3.8) is 0 Å². The van der Waals surface area contributed by atoms with Gasteiger partial charge in [-0.2, -0.15) is 0 Å². The molecule has 1 unspecified atom stereocenters. The van der Waals surface area contributed by atoms with Crippen LogP contribution in [0.4, 0.5) is 0 Å². The largest absolute Gasteiger partial charge is 0.462 e. The van der Waals surface area contributed by atoms with Crippen molar-refractivity contribution >= 4 is 17.9 Å². The highest BCUT2D eigenvalue weighted by Gasteiger charge is 2.19. The highest BCUT2D eigenvalue weighted by atomic mass is 16.6. The Labute approximate surface area is 392 Å². The van der Waals surface area contributed by atoms with E-state index >= 15 is 0 Å². The lowest BCUT2D eigenvalue weighted by Crippen LogP contribution is -2.30. The molecule has 6 heteroatoms. The van der Waals surface area contributed by atoms with Crippen LogP contribution in [-0.4, -0.2) is 37.2 Å². The standard InChI is InChI=1S/C57H108O6/c1-4-7-10-13-16-19-22-25-27-28-30-33-36-39-42-45-48-51-57(60)63-54(52-61-55(58)49-46-43-40-37-34-31-24-21-18-15-12-9-6-3)53-62-56(59)50-47-44-41-38-35-32-29-26-23-20-17-14-11-8-5-2/h26,29,54H,4-25,27-28,30-53H2,1-3H3/b29-26+. The number of ether oxygens (including phenoxy) is 3. The van der Waals surface area contributed by atoms with Gasteiger partial charge in [-0.3, -0.25) is 14.4 Å². The number of unbranched alkanes of at least 4 members (excludes halogenated alkanes) is 39. The van der Waals surface area contributed by atoms with E-state index in [0.717, 1.165) is 64.2 Å². The van der Waals surface area contributed by atoms with E-state index in [-0.39, 0.29) is 31.1 Å². The van der Waals surface area contributed by atoms with Crippen LogP contribution in [0.5, 0.6) is 0 Å². The van der Waals surface area contributed by atoms with Crippen molar-refractivity contribution in [2.24, 2.45) is 0 Å². The number of hydrogen-bond acceptors (Lipinski definition) is 6. The summed E-state index contributed by atoms with van der Waals surface area (Å²) < 4.78 is 16.9. The summed E-state index contributed by atoms with van der Waals surface area (Å²) in [6, 6.07) is 0.